The summed E-state index contributed by atoms with van der Waals surface area (Å²) >= 11 is -2.04. The summed E-state index contributed by atoms with van der Waals surface area (Å²) < 4.78 is 13.6. The van der Waals surface area contributed by atoms with E-state index >= 15 is 0 Å². The molecule has 0 atom stereocenters. The van der Waals surface area contributed by atoms with E-state index in [0.717, 1.165) is 49.7 Å². The predicted octanol–water partition coefficient (Wildman–Crippen LogP) is 6.75. The quantitative estimate of drug-likeness (QED) is 0.290. The Morgan fingerprint density at radius 2 is 1.39 bits per heavy atom. The monoisotopic (exact) mass is 498 g/mol. The van der Waals surface area contributed by atoms with Gasteiger partial charge in [0.1, 0.15) is 0 Å². The second kappa shape index (κ2) is 8.21. The molecule has 144 valence electrons. The summed E-state index contributed by atoms with van der Waals surface area (Å²) in [6, 6.07) is 22.7. The molecule has 4 rings (SSSR count). The molecule has 2 nitrogen and oxygen atoms in total. The Labute approximate surface area is 177 Å². The molecule has 0 aliphatic heterocycles. The van der Waals surface area contributed by atoms with Crippen molar-refractivity contribution in [2.24, 2.45) is 0 Å². The maximum absolute atomic E-state index is 6.22. The SMILES string of the molecule is COc1ccc2ccccc2c1-c1c(OC)c([CH]=[Ru]([Cl])[Cl])cc2ccccc12. The van der Waals surface area contributed by atoms with Crippen molar-refractivity contribution in [2.45, 2.75) is 0 Å². The van der Waals surface area contributed by atoms with Gasteiger partial charge in [0, 0.05) is 0 Å². The Hall–Kier alpha value is -1.93. The van der Waals surface area contributed by atoms with Crippen LogP contribution in [0.2, 0.25) is 0 Å². The van der Waals surface area contributed by atoms with Gasteiger partial charge in [-0.25, -0.2) is 0 Å². The molecule has 0 bridgehead atoms. The van der Waals surface area contributed by atoms with Crippen molar-refractivity contribution in [1.82, 2.24) is 0 Å². The Morgan fingerprint density at radius 1 is 0.750 bits per heavy atom. The number of hydrogen-bond acceptors (Lipinski definition) is 2. The molecule has 4 aromatic carbocycles. The summed E-state index contributed by atoms with van der Waals surface area (Å²) in [6.45, 7) is 0. The van der Waals surface area contributed by atoms with Crippen LogP contribution in [-0.4, -0.2) is 18.8 Å². The van der Waals surface area contributed by atoms with E-state index < -0.39 is 13.5 Å². The van der Waals surface area contributed by atoms with Gasteiger partial charge < -0.3 is 0 Å². The summed E-state index contributed by atoms with van der Waals surface area (Å²) in [6.07, 6.45) is 0. The fourth-order valence-electron chi connectivity index (χ4n) is 3.66. The van der Waals surface area contributed by atoms with Crippen LogP contribution in [0.5, 0.6) is 11.5 Å². The van der Waals surface area contributed by atoms with Crippen LogP contribution in [0.4, 0.5) is 0 Å². The van der Waals surface area contributed by atoms with Gasteiger partial charge in [0.2, 0.25) is 0 Å². The molecule has 0 aliphatic rings. The van der Waals surface area contributed by atoms with Crippen LogP contribution >= 0.6 is 19.4 Å². The molecule has 0 N–H and O–H groups in total. The molecule has 0 fully saturated rings. The first kappa shape index (κ1) is 19.4. The van der Waals surface area contributed by atoms with E-state index in [1.165, 1.54) is 0 Å². The van der Waals surface area contributed by atoms with E-state index in [1.54, 1.807) is 14.2 Å². The zero-order chi connectivity index (χ0) is 19.7. The van der Waals surface area contributed by atoms with E-state index in [0.29, 0.717) is 0 Å². The summed E-state index contributed by atoms with van der Waals surface area (Å²) in [7, 11) is 15.8. The Morgan fingerprint density at radius 3 is 2.04 bits per heavy atom. The van der Waals surface area contributed by atoms with Crippen molar-refractivity contribution in [1.29, 1.82) is 0 Å². The molecule has 0 saturated carbocycles. The molecule has 0 unspecified atom stereocenters. The third-order valence-electron chi connectivity index (χ3n) is 4.78. The molecule has 0 heterocycles. The standard InChI is InChI=1S/C23H18O2.2ClH.Ru/c1-15-14-17-9-5-7-11-19(17)22(23(15)25-3)21-18-10-6-4-8-16(18)12-13-20(21)24-2;;;/h1,4-14H,2-3H3;2*1H;/q;;;+2/p-2. The molecule has 0 radical (unpaired) electrons. The molecule has 0 aromatic heterocycles. The van der Waals surface area contributed by atoms with Crippen molar-refractivity contribution in [2.75, 3.05) is 14.2 Å². The van der Waals surface area contributed by atoms with Gasteiger partial charge in [-0.05, 0) is 0 Å². The number of ether oxygens (including phenoxy) is 2. The fraction of sp³-hybridized carbons (Fsp3) is 0.0870. The molecular formula is C23H18Cl2O2Ru. The summed E-state index contributed by atoms with van der Waals surface area (Å²) in [5, 5.41) is 4.44. The Kier molecular flexibility index (Phi) is 5.69. The fourth-order valence-corrected chi connectivity index (χ4v) is 5.42. The van der Waals surface area contributed by atoms with Crippen LogP contribution < -0.4 is 9.47 Å². The van der Waals surface area contributed by atoms with Gasteiger partial charge in [0.15, 0.2) is 0 Å². The average molecular weight is 498 g/mol. The number of hydrogen-bond donors (Lipinski definition) is 0. The predicted molar refractivity (Wildman–Crippen MR) is 117 cm³/mol. The van der Waals surface area contributed by atoms with Gasteiger partial charge in [-0.15, -0.1) is 0 Å². The second-order valence-electron chi connectivity index (χ2n) is 6.27. The van der Waals surface area contributed by atoms with E-state index in [2.05, 4.69) is 36.4 Å². The minimum absolute atomic E-state index is 0.758. The van der Waals surface area contributed by atoms with Crippen molar-refractivity contribution in [3.05, 3.63) is 72.3 Å². The zero-order valence-electron chi connectivity index (χ0n) is 15.4. The molecule has 0 amide bonds. The normalized spacial score (nSPS) is 11.5. The van der Waals surface area contributed by atoms with Crippen LogP contribution in [0.25, 0.3) is 32.7 Å². The Bertz CT molecular complexity index is 1210. The summed E-state index contributed by atoms with van der Waals surface area (Å²) in [4.78, 5) is 0. The van der Waals surface area contributed by atoms with Crippen LogP contribution in [0, 0.1) is 0 Å². The number of fused-ring (bicyclic) bond motifs is 2. The van der Waals surface area contributed by atoms with Crippen molar-refractivity contribution < 1.29 is 23.0 Å². The van der Waals surface area contributed by atoms with Gasteiger partial charge in [0.25, 0.3) is 0 Å². The topological polar surface area (TPSA) is 18.5 Å². The molecule has 5 heteroatoms. The zero-order valence-corrected chi connectivity index (χ0v) is 18.6. The molecule has 28 heavy (non-hydrogen) atoms. The van der Waals surface area contributed by atoms with Crippen LogP contribution in [0.1, 0.15) is 5.56 Å². The third kappa shape index (κ3) is 3.44. The van der Waals surface area contributed by atoms with E-state index in [-0.39, 0.29) is 0 Å². The van der Waals surface area contributed by atoms with Gasteiger partial charge in [-0.3, -0.25) is 0 Å². The Balaban J connectivity index is 2.24. The van der Waals surface area contributed by atoms with Crippen LogP contribution in [0.3, 0.4) is 0 Å². The summed E-state index contributed by atoms with van der Waals surface area (Å²) in [5.74, 6) is 1.55. The third-order valence-corrected chi connectivity index (χ3v) is 6.62. The average Bonchev–Trinajstić information content (AvgIpc) is 2.71. The molecule has 0 saturated heterocycles. The number of halogens is 2. The van der Waals surface area contributed by atoms with E-state index in [4.69, 9.17) is 28.9 Å². The maximum atomic E-state index is 6.22. The van der Waals surface area contributed by atoms with Crippen molar-refractivity contribution in [3.8, 4) is 22.6 Å². The molecule has 0 aliphatic carbocycles. The van der Waals surface area contributed by atoms with Crippen molar-refractivity contribution in [3.63, 3.8) is 0 Å². The first-order chi connectivity index (χ1) is 13.6. The van der Waals surface area contributed by atoms with Gasteiger partial charge in [0.05, 0.1) is 0 Å². The van der Waals surface area contributed by atoms with Crippen molar-refractivity contribution >= 4 is 45.5 Å². The van der Waals surface area contributed by atoms with Gasteiger partial charge in [-0.2, -0.15) is 0 Å². The van der Waals surface area contributed by atoms with Crippen LogP contribution in [0.15, 0.2) is 66.7 Å². The van der Waals surface area contributed by atoms with Gasteiger partial charge in [-0.1, -0.05) is 0 Å². The number of rotatable bonds is 4. The van der Waals surface area contributed by atoms with Crippen LogP contribution in [-0.2, 0) is 13.5 Å². The first-order valence-corrected chi connectivity index (χ1v) is 14.1. The first-order valence-electron chi connectivity index (χ1n) is 8.63. The molecule has 0 spiro atoms. The second-order valence-corrected chi connectivity index (χ2v) is 12.0. The summed E-state index contributed by atoms with van der Waals surface area (Å²) in [5.41, 5.74) is 2.91. The van der Waals surface area contributed by atoms with E-state index in [1.807, 2.05) is 34.9 Å². The number of benzene rings is 4. The molecule has 4 aromatic rings. The minimum atomic E-state index is -2.04. The van der Waals surface area contributed by atoms with Gasteiger partial charge >= 0.3 is 178 Å². The number of methoxy groups -OCH3 is 2. The van der Waals surface area contributed by atoms with E-state index in [9.17, 15) is 0 Å². The molecular weight excluding hydrogens is 480 g/mol.